The summed E-state index contributed by atoms with van der Waals surface area (Å²) in [5.41, 5.74) is 0. The normalized spacial score (nSPS) is 14.2. The lowest BCUT2D eigenvalue weighted by atomic mass is 10.1. The highest BCUT2D eigenvalue weighted by atomic mass is 31.2. The van der Waals surface area contributed by atoms with Crippen molar-refractivity contribution in [3.05, 3.63) is 60.8 Å². The Morgan fingerprint density at radius 3 is 1.32 bits per heavy atom. The van der Waals surface area contributed by atoms with Gasteiger partial charge in [-0.2, -0.15) is 0 Å². The van der Waals surface area contributed by atoms with E-state index in [1.807, 2.05) is 33.3 Å². The summed E-state index contributed by atoms with van der Waals surface area (Å²) in [5, 5.41) is 3.04. The SMILES string of the molecule is CCCCC/C=C\C/C=C\C/C=C\CCCCCCCCCCC(=O)OC(/C=C\CCCCCCCCCCC)C(COP(=O)(O)OCC[N+](C)(C)C)NC(=O)CCCCC/C=C\CCCCCCCCC. The number of allylic oxidation sites excluding steroid dienone is 9. The van der Waals surface area contributed by atoms with E-state index in [-0.39, 0.29) is 31.5 Å². The summed E-state index contributed by atoms with van der Waals surface area (Å²) in [7, 11) is 1.48. The molecule has 3 unspecified atom stereocenters. The van der Waals surface area contributed by atoms with Gasteiger partial charge in [0.1, 0.15) is 19.3 Å². The van der Waals surface area contributed by atoms with Crippen LogP contribution in [0.2, 0.25) is 0 Å². The second-order valence-corrected chi connectivity index (χ2v) is 23.0. The zero-order chi connectivity index (χ0) is 52.9. The summed E-state index contributed by atoms with van der Waals surface area (Å²) >= 11 is 0. The topological polar surface area (TPSA) is 111 Å². The average molecular weight is 1030 g/mol. The molecule has 9 nitrogen and oxygen atoms in total. The third-order valence-corrected chi connectivity index (χ3v) is 14.2. The third-order valence-electron chi connectivity index (χ3n) is 13.2. The van der Waals surface area contributed by atoms with Crippen LogP contribution < -0.4 is 5.32 Å². The van der Waals surface area contributed by atoms with Crippen LogP contribution >= 0.6 is 7.82 Å². The molecule has 0 saturated heterocycles. The molecule has 0 aliphatic rings. The van der Waals surface area contributed by atoms with E-state index < -0.39 is 20.0 Å². The van der Waals surface area contributed by atoms with Crippen LogP contribution in [0.25, 0.3) is 0 Å². The molecule has 0 saturated carbocycles. The number of rotatable bonds is 54. The van der Waals surface area contributed by atoms with E-state index in [9.17, 15) is 19.0 Å². The third kappa shape index (κ3) is 52.6. The lowest BCUT2D eigenvalue weighted by Gasteiger charge is -2.27. The molecule has 1 amide bonds. The molecule has 420 valence electrons. The lowest BCUT2D eigenvalue weighted by Crippen LogP contribution is -2.47. The van der Waals surface area contributed by atoms with E-state index in [4.69, 9.17) is 13.8 Å². The predicted octanol–water partition coefficient (Wildman–Crippen LogP) is 18.3. The summed E-state index contributed by atoms with van der Waals surface area (Å²) in [4.78, 5) is 37.6. The first-order valence-corrected chi connectivity index (χ1v) is 31.6. The van der Waals surface area contributed by atoms with Crippen LogP contribution in [0.4, 0.5) is 0 Å². The Morgan fingerprint density at radius 2 is 0.847 bits per heavy atom. The van der Waals surface area contributed by atoms with E-state index in [2.05, 4.69) is 74.7 Å². The monoisotopic (exact) mass is 1030 g/mol. The Hall–Kier alpha value is -2.29. The fraction of sp³-hybridized carbons (Fsp3) is 0.806. The Bertz CT molecular complexity index is 1420. The van der Waals surface area contributed by atoms with Gasteiger partial charge in [-0.05, 0) is 96.0 Å². The van der Waals surface area contributed by atoms with Gasteiger partial charge in [-0.15, -0.1) is 0 Å². The second-order valence-electron chi connectivity index (χ2n) is 21.5. The van der Waals surface area contributed by atoms with Crippen molar-refractivity contribution in [1.29, 1.82) is 0 Å². The first-order chi connectivity index (χ1) is 34.9. The zero-order valence-electron chi connectivity index (χ0n) is 47.9. The molecule has 0 aromatic carbocycles. The Kier molecular flexibility index (Phi) is 50.5. The largest absolute Gasteiger partial charge is 0.472 e. The number of carbonyl (C=O) groups excluding carboxylic acids is 2. The van der Waals surface area contributed by atoms with Crippen molar-refractivity contribution in [2.24, 2.45) is 0 Å². The highest BCUT2D eigenvalue weighted by molar-refractivity contribution is 7.47. The molecule has 0 radical (unpaired) electrons. The Labute approximate surface area is 445 Å². The van der Waals surface area contributed by atoms with Gasteiger partial charge in [0, 0.05) is 12.8 Å². The standard InChI is InChI=1S/C62H115N2O7P/c1-7-10-13-16-19-22-25-27-29-30-31-32-33-34-35-37-40-43-46-49-52-55-62(66)71-60(53-50-47-44-41-38-24-21-18-15-12-9-3)59(58-70-72(67,68)69-57-56-64(4,5)6)63-61(65)54-51-48-45-42-39-36-28-26-23-20-17-14-11-8-2/h19,22,27,29,31-32,36,39,50,53,59-60H,7-18,20-21,23-26,28,30,33-35,37-38,40-49,51-52,54-58H2,1-6H3,(H-,63,65,67,68)/p+1/b22-19-,29-27-,32-31-,39-36-,53-50-. The maximum Gasteiger partial charge on any atom is 0.472 e. The van der Waals surface area contributed by atoms with Gasteiger partial charge in [0.25, 0.3) is 0 Å². The molecule has 0 rings (SSSR count). The number of hydrogen-bond donors (Lipinski definition) is 2. The van der Waals surface area contributed by atoms with Crippen molar-refractivity contribution in [2.75, 3.05) is 40.9 Å². The highest BCUT2D eigenvalue weighted by Gasteiger charge is 2.30. The minimum Gasteiger partial charge on any atom is -0.456 e. The quantitative estimate of drug-likeness (QED) is 0.0205. The van der Waals surface area contributed by atoms with Gasteiger partial charge in [-0.1, -0.05) is 223 Å². The molecule has 0 aliphatic carbocycles. The number of nitrogens with one attached hydrogen (secondary N) is 1. The summed E-state index contributed by atoms with van der Waals surface area (Å²) in [6.07, 6.45) is 65.0. The minimum absolute atomic E-state index is 0.0352. The van der Waals surface area contributed by atoms with Crippen molar-refractivity contribution in [2.45, 2.75) is 283 Å². The number of unbranched alkanes of at least 4 members (excludes halogenated alkanes) is 30. The van der Waals surface area contributed by atoms with E-state index in [1.165, 1.54) is 141 Å². The van der Waals surface area contributed by atoms with E-state index in [0.717, 1.165) is 96.3 Å². The number of nitrogens with zero attached hydrogens (tertiary/aromatic N) is 1. The number of likely N-dealkylation sites (N-methyl/N-ethyl adjacent to an activating group) is 1. The maximum absolute atomic E-state index is 13.5. The van der Waals surface area contributed by atoms with Crippen molar-refractivity contribution in [3.8, 4) is 0 Å². The number of amides is 1. The number of quaternary nitrogens is 1. The molecule has 0 aliphatic heterocycles. The van der Waals surface area contributed by atoms with Crippen LogP contribution in [0.5, 0.6) is 0 Å². The Balaban J connectivity index is 5.25. The molecule has 0 aromatic heterocycles. The molecule has 0 aromatic rings. The summed E-state index contributed by atoms with van der Waals surface area (Å²) in [5.74, 6) is -0.530. The van der Waals surface area contributed by atoms with Gasteiger partial charge in [-0.3, -0.25) is 18.6 Å². The second kappa shape index (κ2) is 52.2. The fourth-order valence-electron chi connectivity index (χ4n) is 8.47. The van der Waals surface area contributed by atoms with E-state index >= 15 is 0 Å². The molecule has 3 atom stereocenters. The molecule has 0 spiro atoms. The summed E-state index contributed by atoms with van der Waals surface area (Å²) in [6.45, 7) is 6.96. The molecule has 0 heterocycles. The van der Waals surface area contributed by atoms with Crippen molar-refractivity contribution in [1.82, 2.24) is 5.32 Å². The zero-order valence-corrected chi connectivity index (χ0v) is 48.8. The first kappa shape index (κ1) is 69.7. The number of hydrogen-bond acceptors (Lipinski definition) is 6. The van der Waals surface area contributed by atoms with Crippen LogP contribution in [0.3, 0.4) is 0 Å². The average Bonchev–Trinajstić information content (AvgIpc) is 3.34. The smallest absolute Gasteiger partial charge is 0.456 e. The van der Waals surface area contributed by atoms with Crippen LogP contribution in [-0.2, 0) is 27.9 Å². The van der Waals surface area contributed by atoms with Crippen LogP contribution in [0.1, 0.15) is 271 Å². The molecular weight excluding hydrogens is 916 g/mol. The van der Waals surface area contributed by atoms with Gasteiger partial charge in [0.2, 0.25) is 5.91 Å². The molecule has 72 heavy (non-hydrogen) atoms. The highest BCUT2D eigenvalue weighted by Crippen LogP contribution is 2.43. The summed E-state index contributed by atoms with van der Waals surface area (Å²) < 4.78 is 30.6. The molecule has 2 N–H and O–H groups in total. The van der Waals surface area contributed by atoms with Gasteiger partial charge < -0.3 is 19.4 Å². The predicted molar refractivity (Wildman–Crippen MR) is 309 cm³/mol. The minimum atomic E-state index is -4.45. The molecule has 10 heteroatoms. The van der Waals surface area contributed by atoms with Crippen LogP contribution in [-0.4, -0.2) is 74.3 Å². The molecule has 0 fully saturated rings. The number of carbonyl (C=O) groups is 2. The van der Waals surface area contributed by atoms with Gasteiger partial charge in [0.15, 0.2) is 0 Å². The van der Waals surface area contributed by atoms with Gasteiger partial charge >= 0.3 is 13.8 Å². The first-order valence-electron chi connectivity index (χ1n) is 30.1. The van der Waals surface area contributed by atoms with Crippen molar-refractivity contribution >= 4 is 19.7 Å². The molecular formula is C62H116N2O7P+. The van der Waals surface area contributed by atoms with E-state index in [1.54, 1.807) is 0 Å². The van der Waals surface area contributed by atoms with Crippen molar-refractivity contribution in [3.63, 3.8) is 0 Å². The van der Waals surface area contributed by atoms with Crippen molar-refractivity contribution < 1.29 is 37.3 Å². The van der Waals surface area contributed by atoms with Gasteiger partial charge in [-0.25, -0.2) is 4.57 Å². The maximum atomic E-state index is 13.5. The van der Waals surface area contributed by atoms with Crippen LogP contribution in [0, 0.1) is 0 Å². The number of ether oxygens (including phenoxy) is 1. The number of esters is 1. The lowest BCUT2D eigenvalue weighted by molar-refractivity contribution is -0.870. The van der Waals surface area contributed by atoms with Crippen LogP contribution in [0.15, 0.2) is 60.8 Å². The Morgan fingerprint density at radius 1 is 0.486 bits per heavy atom. The number of phosphoric ester groups is 1. The fourth-order valence-corrected chi connectivity index (χ4v) is 9.21. The molecule has 0 bridgehead atoms. The number of phosphoric acid groups is 1. The van der Waals surface area contributed by atoms with E-state index in [0.29, 0.717) is 17.4 Å². The summed E-state index contributed by atoms with van der Waals surface area (Å²) in [6, 6.07) is -0.859. The van der Waals surface area contributed by atoms with Gasteiger partial charge in [0.05, 0.1) is 33.8 Å².